The van der Waals surface area contributed by atoms with Gasteiger partial charge in [-0.05, 0) is 56.2 Å². The number of nitrogens with one attached hydrogen (secondary N) is 11. The third-order valence-corrected chi connectivity index (χ3v) is 13.5. The molecule has 0 spiro atoms. The quantitative estimate of drug-likeness (QED) is 0.0275. The summed E-state index contributed by atoms with van der Waals surface area (Å²) >= 11 is 8.07. The molecule has 1 heterocycles. The first-order valence-corrected chi connectivity index (χ1v) is 28.4. The molecule has 1 aliphatic heterocycles. The third-order valence-electron chi connectivity index (χ3n) is 12.8. The molecule has 2 rings (SSSR count). The lowest BCUT2D eigenvalue weighted by atomic mass is 10.0. The van der Waals surface area contributed by atoms with Crippen molar-refractivity contribution in [3.63, 3.8) is 0 Å². The van der Waals surface area contributed by atoms with Gasteiger partial charge in [0.05, 0.1) is 45.3 Å². The van der Waals surface area contributed by atoms with Gasteiger partial charge in [0.1, 0.15) is 60.1 Å². The number of nitrogens with two attached hydrogens (primary N) is 3. The van der Waals surface area contributed by atoms with E-state index in [1.54, 1.807) is 13.8 Å². The van der Waals surface area contributed by atoms with Gasteiger partial charge in [-0.25, -0.2) is 0 Å². The van der Waals surface area contributed by atoms with E-state index in [1.807, 2.05) is 6.92 Å². The minimum absolute atomic E-state index is 0.0135. The van der Waals surface area contributed by atoms with Crippen molar-refractivity contribution in [3.8, 4) is 5.75 Å². The first-order valence-electron chi connectivity index (χ1n) is 27.2. The number of benzene rings is 1. The molecule has 1 aromatic rings. The number of hydrogen-bond donors (Lipinski definition) is 19. The monoisotopic (exact) mass is 1240 g/mol. The van der Waals surface area contributed by atoms with Gasteiger partial charge in [-0.1, -0.05) is 45.7 Å². The van der Waals surface area contributed by atoms with Gasteiger partial charge < -0.3 is 95.9 Å². The van der Waals surface area contributed by atoms with Crippen LogP contribution in [0.2, 0.25) is 0 Å². The highest BCUT2D eigenvalue weighted by Gasteiger charge is 2.40. The number of rotatable bonds is 37. The topological polar surface area (TPSA) is 513 Å². The fraction of sp³-hybridized carbons (Fsp3) is 0.608. The zero-order valence-electron chi connectivity index (χ0n) is 47.6. The summed E-state index contributed by atoms with van der Waals surface area (Å²) in [5.74, 6) is -13.4. The van der Waals surface area contributed by atoms with E-state index < -0.39 is 182 Å². The van der Waals surface area contributed by atoms with Gasteiger partial charge in [-0.15, -0.1) is 0 Å². The van der Waals surface area contributed by atoms with Gasteiger partial charge in [0, 0.05) is 24.5 Å². The Balaban J connectivity index is 2.03. The molecule has 0 aliphatic carbocycles. The number of aliphatic hydroxyl groups excluding tert-OH is 2. The zero-order chi connectivity index (χ0) is 64.1. The standard InChI is InChI=1S/C51H81N15O17S2/c1-5-6-8-29(52)44(76)65-36(24-85)47(79)57-20-41(73)61-33(21-67)46(78)56-19-39(71)59-30(15-25(2)3)48(80)58-26(4)43(75)63-34(22-68)51(83)66-14-7-9-37(66)50(82)62-32(17-38(53)70)45(77)55-18-40(72)60-31(16-27-10-12-28(69)13-11-27)49(81)64-35(23-84)42(54)74/h10-13,25-26,29-37,67-69,84-85H,5-9,14-24,52H2,1-4H3,(H2,53,70)(H2,54,74)(H,55,77)(H,56,78)(H,57,79)(H,58,80)(H,59,71)(H,60,72)(H,61,73)(H,62,82)(H,63,75)(H,64,81)(H,65,76)/t26-,29-,30-,31-,32-,33-,34-,35-,36-,37-/m0/s1. The van der Waals surface area contributed by atoms with Crippen LogP contribution >= 0.6 is 25.3 Å². The molecule has 32 nitrogen and oxygen atoms in total. The number of thiol groups is 2. The number of aromatic hydroxyl groups is 1. The van der Waals surface area contributed by atoms with Crippen molar-refractivity contribution in [2.75, 3.05) is 50.9 Å². The number of primary amides is 2. The lowest BCUT2D eigenvalue weighted by Gasteiger charge is -2.29. The van der Waals surface area contributed by atoms with E-state index in [0.717, 1.165) is 11.3 Å². The highest BCUT2D eigenvalue weighted by Crippen LogP contribution is 2.20. The number of carbonyl (C=O) groups excluding carboxylic acids is 14. The Bertz CT molecular complexity index is 2530. The van der Waals surface area contributed by atoms with Crippen LogP contribution in [0.4, 0.5) is 0 Å². The van der Waals surface area contributed by atoms with Gasteiger partial charge in [0.2, 0.25) is 82.7 Å². The predicted octanol–water partition coefficient (Wildman–Crippen LogP) is -8.06. The minimum Gasteiger partial charge on any atom is -0.508 e. The molecule has 0 saturated carbocycles. The molecule has 0 unspecified atom stereocenters. The van der Waals surface area contributed by atoms with E-state index in [4.69, 9.17) is 17.2 Å². The summed E-state index contributed by atoms with van der Waals surface area (Å²) in [7, 11) is 0. The predicted molar refractivity (Wildman–Crippen MR) is 309 cm³/mol. The van der Waals surface area contributed by atoms with Crippen LogP contribution < -0.4 is 75.7 Å². The summed E-state index contributed by atoms with van der Waals surface area (Å²) in [5, 5.41) is 55.5. The Morgan fingerprint density at radius 1 is 0.600 bits per heavy atom. The van der Waals surface area contributed by atoms with Crippen LogP contribution in [0.15, 0.2) is 24.3 Å². The van der Waals surface area contributed by atoms with Gasteiger partial charge in [0.15, 0.2) is 0 Å². The second kappa shape index (κ2) is 37.5. The Labute approximate surface area is 501 Å². The summed E-state index contributed by atoms with van der Waals surface area (Å²) in [4.78, 5) is 183. The molecule has 85 heavy (non-hydrogen) atoms. The molecule has 0 aromatic heterocycles. The average molecular weight is 1240 g/mol. The third kappa shape index (κ3) is 25.9. The second-order valence-electron chi connectivity index (χ2n) is 20.2. The highest BCUT2D eigenvalue weighted by atomic mass is 32.1. The molecule has 10 atom stereocenters. The van der Waals surface area contributed by atoms with Crippen LogP contribution in [-0.4, -0.2) is 214 Å². The van der Waals surface area contributed by atoms with E-state index in [9.17, 15) is 82.4 Å². The summed E-state index contributed by atoms with van der Waals surface area (Å²) in [6.45, 7) is 2.34. The maximum Gasteiger partial charge on any atom is 0.248 e. The van der Waals surface area contributed by atoms with E-state index in [0.29, 0.717) is 18.4 Å². The molecule has 474 valence electrons. The second-order valence-corrected chi connectivity index (χ2v) is 21.0. The lowest BCUT2D eigenvalue weighted by Crippen LogP contribution is -2.60. The summed E-state index contributed by atoms with van der Waals surface area (Å²) in [6, 6.07) is -7.98. The van der Waals surface area contributed by atoms with Crippen molar-refractivity contribution in [1.82, 2.24) is 63.4 Å². The number of nitrogens with zero attached hydrogens (tertiary/aromatic N) is 1. The smallest absolute Gasteiger partial charge is 0.248 e. The summed E-state index contributed by atoms with van der Waals surface area (Å²) < 4.78 is 0. The largest absolute Gasteiger partial charge is 0.508 e. The van der Waals surface area contributed by atoms with Crippen LogP contribution in [-0.2, 0) is 73.5 Å². The number of carbonyl (C=O) groups is 14. The minimum atomic E-state index is -1.70. The van der Waals surface area contributed by atoms with Crippen LogP contribution in [0, 0.1) is 5.92 Å². The number of phenolic OH excluding ortho intramolecular Hbond substituents is 1. The number of aliphatic hydroxyl groups is 2. The molecular formula is C51H81N15O17S2. The summed E-state index contributed by atoms with van der Waals surface area (Å²) in [6.07, 6.45) is 1.20. The van der Waals surface area contributed by atoms with Gasteiger partial charge in [-0.3, -0.25) is 67.1 Å². The van der Waals surface area contributed by atoms with Crippen molar-refractivity contribution < 1.29 is 82.4 Å². The number of amides is 14. The Morgan fingerprint density at radius 3 is 1.60 bits per heavy atom. The Hall–Kier alpha value is -7.82. The van der Waals surface area contributed by atoms with Crippen molar-refractivity contribution in [3.05, 3.63) is 29.8 Å². The fourth-order valence-corrected chi connectivity index (χ4v) is 8.66. The van der Waals surface area contributed by atoms with Crippen molar-refractivity contribution in [2.45, 2.75) is 139 Å². The number of unbranched alkanes of at least 4 members (excludes halogenated alkanes) is 1. The molecule has 1 saturated heterocycles. The van der Waals surface area contributed by atoms with Crippen molar-refractivity contribution in [1.29, 1.82) is 0 Å². The van der Waals surface area contributed by atoms with Gasteiger partial charge in [0.25, 0.3) is 0 Å². The molecule has 1 aliphatic rings. The van der Waals surface area contributed by atoms with E-state index in [2.05, 4.69) is 83.7 Å². The Kier molecular flexibility index (Phi) is 32.3. The van der Waals surface area contributed by atoms with Crippen LogP contribution in [0.3, 0.4) is 0 Å². The molecule has 34 heteroatoms. The maximum atomic E-state index is 13.8. The molecule has 0 bridgehead atoms. The number of likely N-dealkylation sites (tertiary alicyclic amines) is 1. The first-order chi connectivity index (χ1) is 40.1. The van der Waals surface area contributed by atoms with Crippen LogP contribution in [0.25, 0.3) is 0 Å². The molecule has 20 N–H and O–H groups in total. The highest BCUT2D eigenvalue weighted by molar-refractivity contribution is 7.80. The molecule has 1 fully saturated rings. The van der Waals surface area contributed by atoms with Crippen LogP contribution in [0.1, 0.15) is 78.2 Å². The normalized spacial score (nSPS) is 15.9. The van der Waals surface area contributed by atoms with E-state index in [-0.39, 0.29) is 55.4 Å². The van der Waals surface area contributed by atoms with Crippen molar-refractivity contribution in [2.24, 2.45) is 23.1 Å². The lowest BCUT2D eigenvalue weighted by molar-refractivity contribution is -0.143. The number of phenols is 1. The van der Waals surface area contributed by atoms with Crippen LogP contribution in [0.5, 0.6) is 5.75 Å². The molecule has 0 radical (unpaired) electrons. The molecule has 1 aromatic carbocycles. The molecule has 14 amide bonds. The average Bonchev–Trinajstić information content (AvgIpc) is 4.01. The molecular weight excluding hydrogens is 1160 g/mol. The van der Waals surface area contributed by atoms with Crippen molar-refractivity contribution >= 4 is 108 Å². The maximum absolute atomic E-state index is 13.8. The summed E-state index contributed by atoms with van der Waals surface area (Å²) in [5.41, 5.74) is 17.0. The Morgan fingerprint density at radius 2 is 1.09 bits per heavy atom. The first kappa shape index (κ1) is 73.3. The number of hydrogen-bond acceptors (Lipinski definition) is 20. The van der Waals surface area contributed by atoms with E-state index >= 15 is 0 Å². The fourth-order valence-electron chi connectivity index (χ4n) is 8.13. The zero-order valence-corrected chi connectivity index (χ0v) is 49.4. The van der Waals surface area contributed by atoms with E-state index in [1.165, 1.54) is 31.2 Å². The van der Waals surface area contributed by atoms with Gasteiger partial charge >= 0.3 is 0 Å². The van der Waals surface area contributed by atoms with Gasteiger partial charge in [-0.2, -0.15) is 25.3 Å². The SMILES string of the molecule is CCCC[C@H](N)C(=O)N[C@@H](CS)C(=O)NCC(=O)N[C@@H](CO)C(=O)NCC(=O)N[C@@H](CC(C)C)C(=O)N[C@@H](C)C(=O)N[C@@H](CO)C(=O)N1CCC[C@H]1C(=O)N[C@@H](CC(N)=O)C(=O)NCC(=O)N[C@@H](Cc1ccc(O)cc1)C(=O)N[C@@H](CS)C(N)=O.